The van der Waals surface area contributed by atoms with Crippen molar-refractivity contribution in [2.75, 3.05) is 0 Å². The van der Waals surface area contributed by atoms with E-state index in [1.807, 2.05) is 0 Å². The SMILES string of the molecule is C[Si](C)(C)[CH]([Si](C)(C)C)[Sn]1([CH]([Si](C)(C)C)[Si](C)(C)C)[CH2]C=C[CH2]1. The second kappa shape index (κ2) is 6.85. The van der Waals surface area contributed by atoms with Crippen molar-refractivity contribution in [3.63, 3.8) is 0 Å². The van der Waals surface area contributed by atoms with Crippen molar-refractivity contribution in [3.05, 3.63) is 12.2 Å². The topological polar surface area (TPSA) is 0 Å². The van der Waals surface area contributed by atoms with Crippen LogP contribution in [0, 0.1) is 0 Å². The summed E-state index contributed by atoms with van der Waals surface area (Å²) in [6.45, 7) is 32.6. The van der Waals surface area contributed by atoms with Gasteiger partial charge in [0.05, 0.1) is 0 Å². The molecule has 0 saturated heterocycles. The quantitative estimate of drug-likeness (QED) is 0.271. The summed E-state index contributed by atoms with van der Waals surface area (Å²) in [6.07, 6.45) is 5.30. The number of hydrogen-bond donors (Lipinski definition) is 0. The fraction of sp³-hybridized carbons (Fsp3) is 0.889. The fourth-order valence-corrected chi connectivity index (χ4v) is 117. The molecule has 23 heavy (non-hydrogen) atoms. The van der Waals surface area contributed by atoms with Gasteiger partial charge >= 0.3 is 157 Å². The van der Waals surface area contributed by atoms with Gasteiger partial charge in [0.1, 0.15) is 0 Å². The Morgan fingerprint density at radius 3 is 0.913 bits per heavy atom. The van der Waals surface area contributed by atoms with Crippen LogP contribution in [0.5, 0.6) is 0 Å². The van der Waals surface area contributed by atoms with Crippen LogP contribution < -0.4 is 0 Å². The number of allylic oxidation sites excluding steroid dienone is 2. The molecule has 0 spiro atoms. The van der Waals surface area contributed by atoms with E-state index >= 15 is 0 Å². The molecule has 0 nitrogen and oxygen atoms in total. The van der Waals surface area contributed by atoms with Crippen LogP contribution in [0.4, 0.5) is 0 Å². The molecule has 1 aliphatic rings. The molecule has 0 N–H and O–H groups in total. The van der Waals surface area contributed by atoms with E-state index < -0.39 is 50.7 Å². The molecule has 1 heterocycles. The van der Waals surface area contributed by atoms with Crippen molar-refractivity contribution in [2.24, 2.45) is 0 Å². The Morgan fingerprint density at radius 2 is 0.739 bits per heavy atom. The van der Waals surface area contributed by atoms with Crippen molar-refractivity contribution in [1.29, 1.82) is 0 Å². The van der Waals surface area contributed by atoms with Gasteiger partial charge in [-0.1, -0.05) is 0 Å². The third-order valence-electron chi connectivity index (χ3n) is 5.78. The van der Waals surface area contributed by atoms with Crippen molar-refractivity contribution in [2.45, 2.75) is 93.8 Å². The summed E-state index contributed by atoms with van der Waals surface area (Å²) in [6, 6.07) is 0. The molecule has 0 radical (unpaired) electrons. The third kappa shape index (κ3) is 4.98. The minimum absolute atomic E-state index is 1.12. The van der Waals surface area contributed by atoms with Crippen LogP contribution in [0.1, 0.15) is 0 Å². The Bertz CT molecular complexity index is 374. The summed E-state index contributed by atoms with van der Waals surface area (Å²) in [5.74, 6) is 0. The van der Waals surface area contributed by atoms with E-state index in [0.29, 0.717) is 0 Å². The first kappa shape index (κ1) is 22.4. The van der Waals surface area contributed by atoms with E-state index in [1.54, 1.807) is 8.87 Å². The summed E-state index contributed by atoms with van der Waals surface area (Å²) in [7, 11) is -4.48. The molecule has 1 aliphatic heterocycles. The Balaban J connectivity index is 3.64. The van der Waals surface area contributed by atoms with Gasteiger partial charge in [0, 0.05) is 0 Å². The van der Waals surface area contributed by atoms with Gasteiger partial charge < -0.3 is 0 Å². The van der Waals surface area contributed by atoms with Gasteiger partial charge in [0.15, 0.2) is 0 Å². The molecular formula is C18H44Si4Sn. The average Bonchev–Trinajstić information content (AvgIpc) is 2.55. The van der Waals surface area contributed by atoms with Gasteiger partial charge in [0.2, 0.25) is 0 Å². The number of hydrogen-bond acceptors (Lipinski definition) is 0. The summed E-state index contributed by atoms with van der Waals surface area (Å²) in [5.41, 5.74) is 0. The molecule has 0 saturated carbocycles. The van der Waals surface area contributed by atoms with Gasteiger partial charge in [-0.2, -0.15) is 0 Å². The van der Waals surface area contributed by atoms with Crippen LogP contribution in [0.2, 0.25) is 93.8 Å². The molecule has 0 fully saturated rings. The minimum atomic E-state index is -2.27. The zero-order chi connectivity index (χ0) is 18.5. The number of rotatable bonds is 6. The van der Waals surface area contributed by atoms with Crippen LogP contribution in [-0.2, 0) is 0 Å². The average molecular weight is 492 g/mol. The maximum absolute atomic E-state index is 2.72. The summed E-state index contributed by atoms with van der Waals surface area (Å²) in [4.78, 5) is 0. The molecule has 0 aromatic heterocycles. The monoisotopic (exact) mass is 492 g/mol. The molecule has 136 valence electrons. The summed E-state index contributed by atoms with van der Waals surface area (Å²) in [5, 5.41) is 0. The van der Waals surface area contributed by atoms with Gasteiger partial charge in [-0.25, -0.2) is 0 Å². The predicted molar refractivity (Wildman–Crippen MR) is 125 cm³/mol. The van der Waals surface area contributed by atoms with E-state index in [9.17, 15) is 0 Å². The van der Waals surface area contributed by atoms with E-state index in [2.05, 4.69) is 90.7 Å². The third-order valence-corrected chi connectivity index (χ3v) is 80.4. The molecular weight excluding hydrogens is 447 g/mol. The van der Waals surface area contributed by atoms with Crippen LogP contribution >= 0.6 is 0 Å². The Hall–Kier alpha value is 1.41. The Labute approximate surface area is 155 Å². The molecule has 0 aromatic carbocycles. The first-order chi connectivity index (χ1) is 9.94. The molecule has 0 atom stereocenters. The Kier molecular flexibility index (Phi) is 6.69. The molecule has 0 amide bonds. The standard InChI is InChI=1S/2C7H19Si2.C4H6.Sn/c2*1-8(2,3)7-9(4,5)6;1-3-4-2;/h2*7H,1-6H3;3-4H,1-2H2;. The molecule has 1 rings (SSSR count). The Morgan fingerprint density at radius 1 is 0.522 bits per heavy atom. The predicted octanol–water partition coefficient (Wildman–Crippen LogP) is 7.26. The maximum atomic E-state index is 2.72. The molecule has 0 aliphatic carbocycles. The van der Waals surface area contributed by atoms with Crippen molar-refractivity contribution in [3.8, 4) is 0 Å². The van der Waals surface area contributed by atoms with Crippen LogP contribution in [0.25, 0.3) is 0 Å². The zero-order valence-corrected chi connectivity index (χ0v) is 25.1. The van der Waals surface area contributed by atoms with E-state index in [-0.39, 0.29) is 0 Å². The fourth-order valence-electron chi connectivity index (χ4n) is 7.37. The molecule has 0 unspecified atom stereocenters. The summed E-state index contributed by atoms with van der Waals surface area (Å²) >= 11 is -2.27. The van der Waals surface area contributed by atoms with Gasteiger partial charge in [-0.05, 0) is 0 Å². The zero-order valence-electron chi connectivity index (χ0n) is 18.2. The normalized spacial score (nSPS) is 19.9. The van der Waals surface area contributed by atoms with Crippen molar-refractivity contribution < 1.29 is 0 Å². The second-order valence-electron chi connectivity index (χ2n) is 12.4. The van der Waals surface area contributed by atoms with Gasteiger partial charge in [-0.15, -0.1) is 0 Å². The van der Waals surface area contributed by atoms with Crippen LogP contribution in [0.3, 0.4) is 0 Å². The van der Waals surface area contributed by atoms with Crippen LogP contribution in [0.15, 0.2) is 12.2 Å². The van der Waals surface area contributed by atoms with E-state index in [1.165, 1.54) is 6.36 Å². The molecule has 0 bridgehead atoms. The van der Waals surface area contributed by atoms with E-state index in [4.69, 9.17) is 0 Å². The molecule has 5 heteroatoms. The first-order valence-corrected chi connectivity index (χ1v) is 31.2. The first-order valence-electron chi connectivity index (χ1n) is 9.59. The van der Waals surface area contributed by atoms with E-state index in [0.717, 1.165) is 0 Å². The van der Waals surface area contributed by atoms with Crippen LogP contribution in [-0.4, -0.2) is 50.7 Å². The second-order valence-corrected chi connectivity index (χ2v) is 54.1. The van der Waals surface area contributed by atoms with Crippen molar-refractivity contribution in [1.82, 2.24) is 0 Å². The van der Waals surface area contributed by atoms with Gasteiger partial charge in [0.25, 0.3) is 0 Å². The van der Waals surface area contributed by atoms with Crippen molar-refractivity contribution >= 4 is 50.7 Å². The van der Waals surface area contributed by atoms with Gasteiger partial charge in [-0.3, -0.25) is 0 Å². The molecule has 0 aromatic rings. The summed E-state index contributed by atoms with van der Waals surface area (Å²) < 4.78 is 5.66.